The molecule has 1 rings (SSSR count). The molecule has 0 amide bonds. The van der Waals surface area contributed by atoms with E-state index in [1.165, 1.54) is 6.92 Å². The molecule has 0 N–H and O–H groups in total. The van der Waals surface area contributed by atoms with Gasteiger partial charge in [0.05, 0.1) is 12.5 Å². The number of esters is 2. The van der Waals surface area contributed by atoms with Gasteiger partial charge in [0.1, 0.15) is 5.75 Å². The van der Waals surface area contributed by atoms with Gasteiger partial charge in [-0.15, -0.1) is 0 Å². The minimum absolute atomic E-state index is 0.00868. The molecule has 25 heavy (non-hydrogen) atoms. The number of benzene rings is 1. The van der Waals surface area contributed by atoms with Crippen molar-refractivity contribution in [2.24, 2.45) is 5.92 Å². The Morgan fingerprint density at radius 2 is 1.68 bits per heavy atom. The van der Waals surface area contributed by atoms with Crippen LogP contribution in [0, 0.1) is 5.92 Å². The highest BCUT2D eigenvalue weighted by Gasteiger charge is 2.19. The fourth-order valence-corrected chi connectivity index (χ4v) is 2.18. The van der Waals surface area contributed by atoms with Gasteiger partial charge in [-0.1, -0.05) is 52.8 Å². The lowest BCUT2D eigenvalue weighted by atomic mass is 9.86. The molecule has 1 unspecified atom stereocenters. The van der Waals surface area contributed by atoms with E-state index < -0.39 is 12.3 Å². The summed E-state index contributed by atoms with van der Waals surface area (Å²) < 4.78 is 15.9. The molecular weight excluding hydrogens is 320 g/mol. The third kappa shape index (κ3) is 7.59. The average molecular weight is 350 g/mol. The van der Waals surface area contributed by atoms with Crippen molar-refractivity contribution >= 4 is 11.9 Å². The number of carbonyl (C=O) groups excluding carboxylic acids is 2. The van der Waals surface area contributed by atoms with Crippen LogP contribution in [0.5, 0.6) is 5.75 Å². The van der Waals surface area contributed by atoms with Crippen LogP contribution in [-0.2, 0) is 24.5 Å². The van der Waals surface area contributed by atoms with Crippen molar-refractivity contribution in [2.75, 3.05) is 6.61 Å². The maximum absolute atomic E-state index is 11.8. The molecule has 0 radical (unpaired) electrons. The van der Waals surface area contributed by atoms with E-state index in [0.29, 0.717) is 13.0 Å². The van der Waals surface area contributed by atoms with Crippen LogP contribution >= 0.6 is 0 Å². The van der Waals surface area contributed by atoms with Crippen LogP contribution in [0.15, 0.2) is 24.3 Å². The minimum Gasteiger partial charge on any atom is -0.493 e. The van der Waals surface area contributed by atoms with Gasteiger partial charge in [0, 0.05) is 13.3 Å². The molecule has 1 atom stereocenters. The predicted molar refractivity (Wildman–Crippen MR) is 96.4 cm³/mol. The smallest absolute Gasteiger partial charge is 0.311 e. The third-order valence-corrected chi connectivity index (χ3v) is 3.53. The van der Waals surface area contributed by atoms with Gasteiger partial charge >= 0.3 is 11.9 Å². The Bertz CT molecular complexity index is 572. The number of para-hydroxylation sites is 1. The number of hydrogen-bond acceptors (Lipinski definition) is 5. The van der Waals surface area contributed by atoms with Crippen molar-refractivity contribution in [3.05, 3.63) is 29.8 Å². The fourth-order valence-electron chi connectivity index (χ4n) is 2.18. The molecule has 0 saturated heterocycles. The highest BCUT2D eigenvalue weighted by molar-refractivity contribution is 5.72. The second-order valence-electron chi connectivity index (χ2n) is 7.35. The summed E-state index contributed by atoms with van der Waals surface area (Å²) in [6.07, 6.45) is -0.131. The van der Waals surface area contributed by atoms with Crippen LogP contribution in [0.3, 0.4) is 0 Å². The zero-order valence-corrected chi connectivity index (χ0v) is 16.1. The zero-order valence-electron chi connectivity index (χ0n) is 16.1. The molecule has 0 bridgehead atoms. The molecule has 1 aromatic carbocycles. The topological polar surface area (TPSA) is 61.8 Å². The van der Waals surface area contributed by atoms with Gasteiger partial charge in [-0.3, -0.25) is 9.59 Å². The summed E-state index contributed by atoms with van der Waals surface area (Å²) in [5.74, 6) is -0.209. The summed E-state index contributed by atoms with van der Waals surface area (Å²) >= 11 is 0. The van der Waals surface area contributed by atoms with Crippen molar-refractivity contribution in [1.29, 1.82) is 0 Å². The van der Waals surface area contributed by atoms with Gasteiger partial charge in [0.25, 0.3) is 0 Å². The van der Waals surface area contributed by atoms with Crippen LogP contribution < -0.4 is 4.74 Å². The molecule has 0 aliphatic rings. The SMILES string of the molecule is CC(OC(=O)CCCOc1ccccc1C(C)(C)C)OC(=O)C(C)C. The predicted octanol–water partition coefficient (Wildman–Crippen LogP) is 4.23. The lowest BCUT2D eigenvalue weighted by Gasteiger charge is -2.22. The molecule has 0 aliphatic heterocycles. The largest absolute Gasteiger partial charge is 0.493 e. The lowest BCUT2D eigenvalue weighted by molar-refractivity contribution is -0.186. The van der Waals surface area contributed by atoms with E-state index in [4.69, 9.17) is 14.2 Å². The molecule has 0 saturated carbocycles. The van der Waals surface area contributed by atoms with E-state index in [1.54, 1.807) is 13.8 Å². The second-order valence-corrected chi connectivity index (χ2v) is 7.35. The average Bonchev–Trinajstić information content (AvgIpc) is 2.50. The Hall–Kier alpha value is -2.04. The van der Waals surface area contributed by atoms with E-state index in [0.717, 1.165) is 11.3 Å². The Morgan fingerprint density at radius 1 is 1.04 bits per heavy atom. The van der Waals surface area contributed by atoms with E-state index in [9.17, 15) is 9.59 Å². The van der Waals surface area contributed by atoms with Crippen molar-refractivity contribution in [1.82, 2.24) is 0 Å². The van der Waals surface area contributed by atoms with Crippen molar-refractivity contribution < 1.29 is 23.8 Å². The van der Waals surface area contributed by atoms with E-state index in [2.05, 4.69) is 20.8 Å². The van der Waals surface area contributed by atoms with Crippen LogP contribution in [0.4, 0.5) is 0 Å². The van der Waals surface area contributed by atoms with E-state index >= 15 is 0 Å². The molecule has 5 heteroatoms. The quantitative estimate of drug-likeness (QED) is 0.399. The molecule has 0 heterocycles. The lowest BCUT2D eigenvalue weighted by Crippen LogP contribution is -2.24. The van der Waals surface area contributed by atoms with Crippen LogP contribution in [0.25, 0.3) is 0 Å². The Kier molecular flexibility index (Phi) is 7.94. The summed E-state index contributed by atoms with van der Waals surface area (Å²) in [7, 11) is 0. The van der Waals surface area contributed by atoms with Crippen LogP contribution in [0.1, 0.15) is 59.9 Å². The van der Waals surface area contributed by atoms with E-state index in [1.807, 2.05) is 24.3 Å². The van der Waals surface area contributed by atoms with Crippen molar-refractivity contribution in [2.45, 2.75) is 66.1 Å². The number of carbonyl (C=O) groups is 2. The highest BCUT2D eigenvalue weighted by Crippen LogP contribution is 2.30. The molecule has 0 fully saturated rings. The van der Waals surface area contributed by atoms with Crippen LogP contribution in [0.2, 0.25) is 0 Å². The van der Waals surface area contributed by atoms with Gasteiger partial charge in [0.15, 0.2) is 0 Å². The maximum Gasteiger partial charge on any atom is 0.311 e. The monoisotopic (exact) mass is 350 g/mol. The summed E-state index contributed by atoms with van der Waals surface area (Å²) in [6, 6.07) is 7.91. The van der Waals surface area contributed by atoms with Gasteiger partial charge < -0.3 is 14.2 Å². The standard InChI is InChI=1S/C20H30O5/c1-14(2)19(22)25-15(3)24-18(21)12-9-13-23-17-11-8-7-10-16(17)20(4,5)6/h7-8,10-11,14-15H,9,12-13H2,1-6H3. The molecule has 0 aliphatic carbocycles. The van der Waals surface area contributed by atoms with Crippen molar-refractivity contribution in [3.8, 4) is 5.75 Å². The number of hydrogen-bond donors (Lipinski definition) is 0. The first kappa shape index (κ1) is 21.0. The molecule has 5 nitrogen and oxygen atoms in total. The van der Waals surface area contributed by atoms with Gasteiger partial charge in [-0.25, -0.2) is 0 Å². The van der Waals surface area contributed by atoms with Crippen LogP contribution in [-0.4, -0.2) is 24.8 Å². The summed E-state index contributed by atoms with van der Waals surface area (Å²) in [4.78, 5) is 23.2. The molecule has 0 aromatic heterocycles. The van der Waals surface area contributed by atoms with Gasteiger partial charge in [-0.2, -0.15) is 0 Å². The zero-order chi connectivity index (χ0) is 19.0. The molecule has 0 spiro atoms. The molecule has 1 aromatic rings. The Labute approximate surface area is 150 Å². The summed E-state index contributed by atoms with van der Waals surface area (Å²) in [5, 5.41) is 0. The first-order valence-corrected chi connectivity index (χ1v) is 8.73. The Balaban J connectivity index is 2.37. The van der Waals surface area contributed by atoms with Gasteiger partial charge in [0.2, 0.25) is 6.29 Å². The summed E-state index contributed by atoms with van der Waals surface area (Å²) in [6.45, 7) is 11.8. The Morgan fingerprint density at radius 3 is 2.28 bits per heavy atom. The first-order valence-electron chi connectivity index (χ1n) is 8.73. The normalized spacial score (nSPS) is 12.6. The molecular formula is C20H30O5. The second kappa shape index (κ2) is 9.44. The summed E-state index contributed by atoms with van der Waals surface area (Å²) in [5.41, 5.74) is 1.12. The number of rotatable bonds is 8. The van der Waals surface area contributed by atoms with Gasteiger partial charge in [-0.05, 0) is 23.5 Å². The first-order chi connectivity index (χ1) is 11.6. The highest BCUT2D eigenvalue weighted by atomic mass is 16.7. The number of ether oxygens (including phenoxy) is 3. The van der Waals surface area contributed by atoms with E-state index in [-0.39, 0.29) is 23.7 Å². The molecule has 140 valence electrons. The fraction of sp³-hybridized carbons (Fsp3) is 0.600. The van der Waals surface area contributed by atoms with Crippen molar-refractivity contribution in [3.63, 3.8) is 0 Å². The maximum atomic E-state index is 11.8. The third-order valence-electron chi connectivity index (χ3n) is 3.53. The minimum atomic E-state index is -0.870.